The minimum absolute atomic E-state index is 0.0405. The maximum atomic E-state index is 13.0. The number of rotatable bonds is 5. The van der Waals surface area contributed by atoms with Gasteiger partial charge in [0.15, 0.2) is 5.82 Å². The van der Waals surface area contributed by atoms with Crippen molar-refractivity contribution in [3.8, 4) is 11.7 Å². The number of carbonyl (C=O) groups excluding carboxylic acids is 1. The highest BCUT2D eigenvalue weighted by atomic mass is 16.5. The van der Waals surface area contributed by atoms with Crippen LogP contribution in [0.25, 0.3) is 5.82 Å². The van der Waals surface area contributed by atoms with Gasteiger partial charge in [0.25, 0.3) is 5.91 Å². The first kappa shape index (κ1) is 18.8. The van der Waals surface area contributed by atoms with Gasteiger partial charge in [0.1, 0.15) is 0 Å². The van der Waals surface area contributed by atoms with E-state index in [0.29, 0.717) is 56.0 Å². The normalized spacial score (nSPS) is 14.1. The average molecular weight is 394 g/mol. The van der Waals surface area contributed by atoms with E-state index < -0.39 is 0 Å². The molecule has 0 saturated carbocycles. The van der Waals surface area contributed by atoms with E-state index in [0.717, 1.165) is 5.69 Å². The van der Waals surface area contributed by atoms with Gasteiger partial charge in [-0.2, -0.15) is 5.10 Å². The molecule has 10 heteroatoms. The third-order valence-corrected chi connectivity index (χ3v) is 4.78. The molecule has 3 aromatic rings. The van der Waals surface area contributed by atoms with E-state index >= 15 is 0 Å². The Balaban J connectivity index is 1.45. The molecule has 4 rings (SSSR count). The van der Waals surface area contributed by atoms with E-state index in [9.17, 15) is 4.79 Å². The number of hydrogen-bond donors (Lipinski definition) is 0. The number of piperazine rings is 1. The molecule has 1 aliphatic rings. The number of ether oxygens (including phenoxy) is 1. The standard InChI is InChI=1S/C19H22N8O2/c1-3-29-17-6-5-16(23-24-17)27-14(2)15(13-22-27)18(28)25-9-11-26(12-10-25)19-20-7-4-8-21-19/h4-8,13H,3,9-12H2,1-2H3. The van der Waals surface area contributed by atoms with E-state index in [4.69, 9.17) is 4.74 Å². The lowest BCUT2D eigenvalue weighted by Crippen LogP contribution is -2.49. The second-order valence-corrected chi connectivity index (χ2v) is 6.55. The zero-order valence-electron chi connectivity index (χ0n) is 16.4. The van der Waals surface area contributed by atoms with Crippen LogP contribution in [0.3, 0.4) is 0 Å². The second kappa shape index (κ2) is 8.21. The highest BCUT2D eigenvalue weighted by molar-refractivity contribution is 5.95. The molecular formula is C19H22N8O2. The number of amides is 1. The second-order valence-electron chi connectivity index (χ2n) is 6.55. The molecule has 0 radical (unpaired) electrons. The molecular weight excluding hydrogens is 372 g/mol. The molecule has 29 heavy (non-hydrogen) atoms. The van der Waals surface area contributed by atoms with Crippen LogP contribution in [0.2, 0.25) is 0 Å². The lowest BCUT2D eigenvalue weighted by Gasteiger charge is -2.34. The Bertz CT molecular complexity index is 966. The van der Waals surface area contributed by atoms with Gasteiger partial charge in [-0.05, 0) is 26.0 Å². The molecule has 1 fully saturated rings. The Kier molecular flexibility index (Phi) is 5.32. The largest absolute Gasteiger partial charge is 0.477 e. The van der Waals surface area contributed by atoms with Crippen LogP contribution in [0.1, 0.15) is 23.0 Å². The van der Waals surface area contributed by atoms with Crippen molar-refractivity contribution >= 4 is 11.9 Å². The van der Waals surface area contributed by atoms with Gasteiger partial charge < -0.3 is 14.5 Å². The molecule has 10 nitrogen and oxygen atoms in total. The van der Waals surface area contributed by atoms with Crippen molar-refractivity contribution in [3.05, 3.63) is 48.0 Å². The van der Waals surface area contributed by atoms with Crippen molar-refractivity contribution in [3.63, 3.8) is 0 Å². The smallest absolute Gasteiger partial charge is 0.257 e. The van der Waals surface area contributed by atoms with E-state index in [1.165, 1.54) is 0 Å². The van der Waals surface area contributed by atoms with Crippen LogP contribution in [0.5, 0.6) is 5.88 Å². The summed E-state index contributed by atoms with van der Waals surface area (Å²) in [5.74, 6) is 1.65. The maximum Gasteiger partial charge on any atom is 0.257 e. The summed E-state index contributed by atoms with van der Waals surface area (Å²) < 4.78 is 6.93. The van der Waals surface area contributed by atoms with Crippen LogP contribution in [0.15, 0.2) is 36.8 Å². The Morgan fingerprint density at radius 1 is 1.10 bits per heavy atom. The highest BCUT2D eigenvalue weighted by Gasteiger charge is 2.26. The molecule has 0 aliphatic carbocycles. The van der Waals surface area contributed by atoms with Gasteiger partial charge in [-0.25, -0.2) is 14.6 Å². The van der Waals surface area contributed by atoms with Gasteiger partial charge in [0.2, 0.25) is 11.8 Å². The molecule has 3 aromatic heterocycles. The van der Waals surface area contributed by atoms with Gasteiger partial charge in [0.05, 0.1) is 24.1 Å². The molecule has 0 bridgehead atoms. The van der Waals surface area contributed by atoms with E-state index in [1.54, 1.807) is 41.5 Å². The fourth-order valence-corrected chi connectivity index (χ4v) is 3.24. The predicted molar refractivity (Wildman–Crippen MR) is 105 cm³/mol. The lowest BCUT2D eigenvalue weighted by molar-refractivity contribution is 0.0745. The van der Waals surface area contributed by atoms with Crippen LogP contribution in [0.4, 0.5) is 5.95 Å². The number of anilines is 1. The summed E-state index contributed by atoms with van der Waals surface area (Å²) in [5.41, 5.74) is 1.28. The van der Waals surface area contributed by atoms with Gasteiger partial charge in [-0.15, -0.1) is 10.2 Å². The molecule has 0 unspecified atom stereocenters. The van der Waals surface area contributed by atoms with Crippen molar-refractivity contribution in [1.82, 2.24) is 34.8 Å². The van der Waals surface area contributed by atoms with E-state index in [-0.39, 0.29) is 5.91 Å². The van der Waals surface area contributed by atoms with Crippen LogP contribution < -0.4 is 9.64 Å². The first-order valence-electron chi connectivity index (χ1n) is 9.50. The lowest BCUT2D eigenvalue weighted by atomic mass is 10.2. The number of carbonyl (C=O) groups is 1. The predicted octanol–water partition coefficient (Wildman–Crippen LogP) is 1.12. The topological polar surface area (TPSA) is 102 Å². The van der Waals surface area contributed by atoms with Crippen LogP contribution in [0, 0.1) is 6.92 Å². The molecule has 4 heterocycles. The molecule has 1 saturated heterocycles. The zero-order chi connectivity index (χ0) is 20.2. The molecule has 150 valence electrons. The number of hydrogen-bond acceptors (Lipinski definition) is 8. The quantitative estimate of drug-likeness (QED) is 0.634. The zero-order valence-corrected chi connectivity index (χ0v) is 16.4. The Hall–Kier alpha value is -3.56. The summed E-state index contributed by atoms with van der Waals surface area (Å²) in [6, 6.07) is 5.29. The Morgan fingerprint density at radius 3 is 2.52 bits per heavy atom. The van der Waals surface area contributed by atoms with Crippen LogP contribution in [-0.4, -0.2) is 73.5 Å². The minimum atomic E-state index is -0.0405. The van der Waals surface area contributed by atoms with E-state index in [1.807, 2.05) is 18.7 Å². The summed E-state index contributed by atoms with van der Waals surface area (Å²) in [4.78, 5) is 25.5. The summed E-state index contributed by atoms with van der Waals surface area (Å²) in [6.07, 6.45) is 5.03. The monoisotopic (exact) mass is 394 g/mol. The van der Waals surface area contributed by atoms with Crippen LogP contribution >= 0.6 is 0 Å². The summed E-state index contributed by atoms with van der Waals surface area (Å²) >= 11 is 0. The molecule has 0 spiro atoms. The molecule has 1 aliphatic heterocycles. The van der Waals surface area contributed by atoms with Crippen molar-refractivity contribution in [1.29, 1.82) is 0 Å². The highest BCUT2D eigenvalue weighted by Crippen LogP contribution is 2.17. The summed E-state index contributed by atoms with van der Waals surface area (Å²) in [6.45, 7) is 6.84. The molecule has 1 amide bonds. The summed E-state index contributed by atoms with van der Waals surface area (Å²) in [7, 11) is 0. The van der Waals surface area contributed by atoms with E-state index in [2.05, 4.69) is 30.2 Å². The molecule has 0 N–H and O–H groups in total. The fraction of sp³-hybridized carbons (Fsp3) is 0.368. The van der Waals surface area contributed by atoms with Crippen LogP contribution in [-0.2, 0) is 0 Å². The van der Waals surface area contributed by atoms with Gasteiger partial charge in [0, 0.05) is 44.6 Å². The maximum absolute atomic E-state index is 13.0. The SMILES string of the molecule is CCOc1ccc(-n2ncc(C(=O)N3CCN(c4ncccn4)CC3)c2C)nn1. The minimum Gasteiger partial charge on any atom is -0.477 e. The third kappa shape index (κ3) is 3.86. The number of nitrogens with zero attached hydrogens (tertiary/aromatic N) is 8. The van der Waals surface area contributed by atoms with Crippen molar-refractivity contribution in [2.45, 2.75) is 13.8 Å². The molecule has 0 atom stereocenters. The Morgan fingerprint density at radius 2 is 1.86 bits per heavy atom. The van der Waals surface area contributed by atoms with Gasteiger partial charge in [-0.3, -0.25) is 4.79 Å². The Labute approximate surface area is 168 Å². The first-order valence-corrected chi connectivity index (χ1v) is 9.50. The average Bonchev–Trinajstić information content (AvgIpc) is 3.16. The van der Waals surface area contributed by atoms with Crippen molar-refractivity contribution < 1.29 is 9.53 Å². The third-order valence-electron chi connectivity index (χ3n) is 4.78. The summed E-state index contributed by atoms with van der Waals surface area (Å²) in [5, 5.41) is 12.5. The molecule has 0 aromatic carbocycles. The fourth-order valence-electron chi connectivity index (χ4n) is 3.24. The van der Waals surface area contributed by atoms with Crippen molar-refractivity contribution in [2.75, 3.05) is 37.7 Å². The first-order chi connectivity index (χ1) is 14.2. The van der Waals surface area contributed by atoms with Gasteiger partial charge >= 0.3 is 0 Å². The van der Waals surface area contributed by atoms with Crippen molar-refractivity contribution in [2.24, 2.45) is 0 Å². The number of aromatic nitrogens is 6. The van der Waals surface area contributed by atoms with Gasteiger partial charge in [-0.1, -0.05) is 0 Å².